The number of fused-ring (bicyclic) bond motifs is 1. The number of hydrogen-bond donors (Lipinski definition) is 1. The molecule has 0 radical (unpaired) electrons. The van der Waals surface area contributed by atoms with Crippen molar-refractivity contribution in [1.29, 1.82) is 5.26 Å². The van der Waals surface area contributed by atoms with Crippen molar-refractivity contribution in [2.24, 2.45) is 0 Å². The quantitative estimate of drug-likeness (QED) is 0.545. The highest BCUT2D eigenvalue weighted by atomic mass is 35.5. The van der Waals surface area contributed by atoms with E-state index in [1.807, 2.05) is 50.2 Å². The number of rotatable bonds is 2. The van der Waals surface area contributed by atoms with Crippen molar-refractivity contribution >= 4 is 34.4 Å². The lowest BCUT2D eigenvalue weighted by atomic mass is 9.92. The summed E-state index contributed by atoms with van der Waals surface area (Å²) in [5, 5.41) is 9.61. The van der Waals surface area contributed by atoms with E-state index in [2.05, 4.69) is 9.97 Å². The fourth-order valence-corrected chi connectivity index (χ4v) is 3.18. The molecular weight excluding hydrogens is 320 g/mol. The van der Waals surface area contributed by atoms with Crippen LogP contribution in [0.5, 0.6) is 0 Å². The van der Waals surface area contributed by atoms with E-state index in [1.54, 1.807) is 6.08 Å². The molecule has 24 heavy (non-hydrogen) atoms. The molecule has 0 fully saturated rings. The topological polar surface area (TPSA) is 75.6 Å². The molecule has 0 unspecified atom stereocenters. The molecule has 1 aromatic heterocycles. The molecule has 2 N–H and O–H groups in total. The van der Waals surface area contributed by atoms with Gasteiger partial charge in [0, 0.05) is 17.0 Å². The third-order valence-electron chi connectivity index (χ3n) is 3.90. The molecule has 0 saturated carbocycles. The normalized spacial score (nSPS) is 11.1. The van der Waals surface area contributed by atoms with E-state index in [4.69, 9.17) is 22.6 Å². The number of nitriles is 1. The van der Waals surface area contributed by atoms with Gasteiger partial charge in [-0.15, -0.1) is 0 Å². The number of halogens is 1. The van der Waals surface area contributed by atoms with Gasteiger partial charge in [0.1, 0.15) is 5.82 Å². The maximum absolute atomic E-state index is 8.69. The number of nitrogens with zero attached hydrogens (tertiary/aromatic N) is 3. The van der Waals surface area contributed by atoms with Gasteiger partial charge in [-0.3, -0.25) is 0 Å². The molecule has 4 nitrogen and oxygen atoms in total. The van der Waals surface area contributed by atoms with Gasteiger partial charge in [0.15, 0.2) is 0 Å². The van der Waals surface area contributed by atoms with Crippen LogP contribution in [0.3, 0.4) is 0 Å². The number of benzene rings is 2. The first-order valence-electron chi connectivity index (χ1n) is 7.41. The molecule has 0 saturated heterocycles. The fraction of sp³-hybridized carbons (Fsp3) is 0.105. The maximum atomic E-state index is 8.69. The molecule has 5 heteroatoms. The summed E-state index contributed by atoms with van der Waals surface area (Å²) in [4.78, 5) is 8.41. The standard InChI is InChI=1S/C19H15ClN4/c1-11-9-13(5-4-8-21)10-12(2)16(11)14-6-3-7-15-17(14)23-19(20)24-18(15)22/h3-7,9-10H,1-2H3,(H2,22,23,24). The second-order valence-electron chi connectivity index (χ2n) is 5.57. The lowest BCUT2D eigenvalue weighted by molar-refractivity contribution is 1.23. The number of aryl methyl sites for hydroxylation is 2. The molecule has 0 atom stereocenters. The molecule has 0 aliphatic carbocycles. The third-order valence-corrected chi connectivity index (χ3v) is 4.07. The Balaban J connectivity index is 2.29. The van der Waals surface area contributed by atoms with Crippen LogP contribution in [0.25, 0.3) is 28.1 Å². The highest BCUT2D eigenvalue weighted by Crippen LogP contribution is 2.35. The van der Waals surface area contributed by atoms with Gasteiger partial charge < -0.3 is 5.73 Å². The molecule has 2 aromatic carbocycles. The number of aromatic nitrogens is 2. The maximum Gasteiger partial charge on any atom is 0.224 e. The van der Waals surface area contributed by atoms with E-state index in [1.165, 1.54) is 6.08 Å². The Morgan fingerprint density at radius 3 is 2.54 bits per heavy atom. The number of nitrogen functional groups attached to an aromatic ring is 1. The highest BCUT2D eigenvalue weighted by Gasteiger charge is 2.13. The van der Waals surface area contributed by atoms with Crippen LogP contribution in [-0.4, -0.2) is 9.97 Å². The molecule has 0 spiro atoms. The van der Waals surface area contributed by atoms with Crippen LogP contribution in [-0.2, 0) is 0 Å². The summed E-state index contributed by atoms with van der Waals surface area (Å²) in [6.45, 7) is 4.08. The first kappa shape index (κ1) is 16.0. The van der Waals surface area contributed by atoms with Crippen LogP contribution in [0.1, 0.15) is 16.7 Å². The zero-order valence-corrected chi connectivity index (χ0v) is 14.1. The Labute approximate surface area is 145 Å². The Morgan fingerprint density at radius 1 is 1.17 bits per heavy atom. The minimum atomic E-state index is 0.135. The van der Waals surface area contributed by atoms with Crippen molar-refractivity contribution in [2.45, 2.75) is 13.8 Å². The predicted molar refractivity (Wildman–Crippen MR) is 98.5 cm³/mol. The third kappa shape index (κ3) is 2.82. The predicted octanol–water partition coefficient (Wildman–Crippen LogP) is 4.69. The van der Waals surface area contributed by atoms with E-state index in [0.717, 1.165) is 38.7 Å². The number of anilines is 1. The summed E-state index contributed by atoms with van der Waals surface area (Å²) in [6, 6.07) is 11.9. The zero-order chi connectivity index (χ0) is 17.3. The molecule has 118 valence electrons. The van der Waals surface area contributed by atoms with Crippen LogP contribution in [0, 0.1) is 25.2 Å². The molecule has 0 aliphatic rings. The molecule has 0 amide bonds. The first-order chi connectivity index (χ1) is 11.5. The SMILES string of the molecule is Cc1cc(C=CC#N)cc(C)c1-c1cccc2c(N)nc(Cl)nc12. The fourth-order valence-electron chi connectivity index (χ4n) is 3.00. The van der Waals surface area contributed by atoms with E-state index >= 15 is 0 Å². The Hall–Kier alpha value is -2.90. The van der Waals surface area contributed by atoms with Crippen molar-refractivity contribution < 1.29 is 0 Å². The number of para-hydroxylation sites is 1. The van der Waals surface area contributed by atoms with E-state index in [0.29, 0.717) is 5.82 Å². The average Bonchev–Trinajstić information content (AvgIpc) is 2.52. The monoisotopic (exact) mass is 334 g/mol. The van der Waals surface area contributed by atoms with Crippen molar-refractivity contribution in [3.63, 3.8) is 0 Å². The summed E-state index contributed by atoms with van der Waals surface area (Å²) in [6.07, 6.45) is 3.27. The number of hydrogen-bond acceptors (Lipinski definition) is 4. The van der Waals surface area contributed by atoms with E-state index in [-0.39, 0.29) is 5.28 Å². The smallest absolute Gasteiger partial charge is 0.224 e. The molecule has 1 heterocycles. The number of allylic oxidation sites excluding steroid dienone is 1. The molecule has 0 aliphatic heterocycles. The Morgan fingerprint density at radius 2 is 1.88 bits per heavy atom. The summed E-state index contributed by atoms with van der Waals surface area (Å²) >= 11 is 6.00. The zero-order valence-electron chi connectivity index (χ0n) is 13.3. The second kappa shape index (κ2) is 6.31. The summed E-state index contributed by atoms with van der Waals surface area (Å²) in [5.41, 5.74) is 11.9. The van der Waals surface area contributed by atoms with Gasteiger partial charge in [0.2, 0.25) is 5.28 Å². The van der Waals surface area contributed by atoms with Crippen LogP contribution < -0.4 is 5.73 Å². The minimum Gasteiger partial charge on any atom is -0.383 e. The summed E-state index contributed by atoms with van der Waals surface area (Å²) in [5.74, 6) is 0.371. The Bertz CT molecular complexity index is 993. The van der Waals surface area contributed by atoms with Gasteiger partial charge in [-0.1, -0.05) is 24.3 Å². The van der Waals surface area contributed by atoms with Crippen LogP contribution in [0.2, 0.25) is 5.28 Å². The van der Waals surface area contributed by atoms with Crippen molar-refractivity contribution in [2.75, 3.05) is 5.73 Å². The van der Waals surface area contributed by atoms with Gasteiger partial charge in [-0.2, -0.15) is 5.26 Å². The lowest BCUT2D eigenvalue weighted by Crippen LogP contribution is -1.98. The molecular formula is C19H15ClN4. The van der Waals surface area contributed by atoms with Crippen LogP contribution in [0.4, 0.5) is 5.82 Å². The number of nitrogens with two attached hydrogens (primary N) is 1. The van der Waals surface area contributed by atoms with Crippen molar-refractivity contribution in [3.05, 3.63) is 58.4 Å². The lowest BCUT2D eigenvalue weighted by Gasteiger charge is -2.14. The highest BCUT2D eigenvalue weighted by molar-refractivity contribution is 6.29. The minimum absolute atomic E-state index is 0.135. The van der Waals surface area contributed by atoms with Crippen molar-refractivity contribution in [3.8, 4) is 17.2 Å². The molecule has 0 bridgehead atoms. The summed E-state index contributed by atoms with van der Waals surface area (Å²) in [7, 11) is 0. The van der Waals surface area contributed by atoms with Crippen LogP contribution >= 0.6 is 11.6 Å². The van der Waals surface area contributed by atoms with Crippen molar-refractivity contribution in [1.82, 2.24) is 9.97 Å². The molecule has 3 aromatic rings. The largest absolute Gasteiger partial charge is 0.383 e. The van der Waals surface area contributed by atoms with Gasteiger partial charge in [0.25, 0.3) is 0 Å². The molecule has 3 rings (SSSR count). The van der Waals surface area contributed by atoms with Crippen LogP contribution in [0.15, 0.2) is 36.4 Å². The second-order valence-corrected chi connectivity index (χ2v) is 5.91. The van der Waals surface area contributed by atoms with Gasteiger partial charge in [-0.05, 0) is 59.8 Å². The van der Waals surface area contributed by atoms with Gasteiger partial charge >= 0.3 is 0 Å². The van der Waals surface area contributed by atoms with E-state index < -0.39 is 0 Å². The van der Waals surface area contributed by atoms with Gasteiger partial charge in [-0.25, -0.2) is 9.97 Å². The Kier molecular flexibility index (Phi) is 4.20. The first-order valence-corrected chi connectivity index (χ1v) is 7.78. The summed E-state index contributed by atoms with van der Waals surface area (Å²) < 4.78 is 0. The van der Waals surface area contributed by atoms with Gasteiger partial charge in [0.05, 0.1) is 11.6 Å². The average molecular weight is 335 g/mol. The van der Waals surface area contributed by atoms with E-state index in [9.17, 15) is 0 Å².